The minimum Gasteiger partial charge on any atom is -0.744 e. The van der Waals surface area contributed by atoms with Gasteiger partial charge in [0.05, 0.1) is 14.7 Å². The summed E-state index contributed by atoms with van der Waals surface area (Å²) in [6.45, 7) is 0. The molecule has 0 amide bonds. The van der Waals surface area contributed by atoms with Gasteiger partial charge in [-0.05, 0) is 36.4 Å². The third kappa shape index (κ3) is 20.8. The van der Waals surface area contributed by atoms with Gasteiger partial charge in [-0.2, -0.15) is 0 Å². The first-order chi connectivity index (χ1) is 15.0. The molecule has 0 fully saturated rings. The van der Waals surface area contributed by atoms with Gasteiger partial charge in [0.2, 0.25) is 0 Å². The molecule has 0 aliphatic rings. The van der Waals surface area contributed by atoms with E-state index in [1.54, 1.807) is 0 Å². The summed E-state index contributed by atoms with van der Waals surface area (Å²) in [7, 11) is -13.6. The Labute approximate surface area is 250 Å². The van der Waals surface area contributed by atoms with Gasteiger partial charge in [0.15, 0.2) is 0 Å². The molecule has 244 valence electrons. The van der Waals surface area contributed by atoms with Crippen LogP contribution in [-0.2, 0) is 30.4 Å². The molecule has 20 nitrogen and oxygen atoms in total. The van der Waals surface area contributed by atoms with Crippen molar-refractivity contribution in [3.8, 4) is 17.2 Å². The van der Waals surface area contributed by atoms with Gasteiger partial charge in [0, 0.05) is 0 Å². The van der Waals surface area contributed by atoms with Gasteiger partial charge in [0.25, 0.3) is 0 Å². The van der Waals surface area contributed by atoms with Crippen molar-refractivity contribution in [2.45, 2.75) is 14.7 Å². The molecule has 3 aromatic rings. The first-order valence-corrected chi connectivity index (χ1v) is 12.5. The van der Waals surface area contributed by atoms with Crippen LogP contribution in [0.1, 0.15) is 0 Å². The summed E-state index contributed by atoms with van der Waals surface area (Å²) in [6, 6.07) is 15.0. The number of para-hydroxylation sites is 3. The van der Waals surface area contributed by atoms with Crippen LogP contribution < -0.4 is 0 Å². The number of rotatable bonds is 3. The maximum atomic E-state index is 10.3. The van der Waals surface area contributed by atoms with Crippen molar-refractivity contribution in [2.75, 3.05) is 0 Å². The molecule has 0 spiro atoms. The molecule has 0 saturated carbocycles. The third-order valence-electron chi connectivity index (χ3n) is 3.40. The van der Waals surface area contributed by atoms with Crippen LogP contribution in [0, 0.1) is 0 Å². The second kappa shape index (κ2) is 25.7. The number of hydrogen-bond donors (Lipinski definition) is 3. The van der Waals surface area contributed by atoms with Gasteiger partial charge in [0.1, 0.15) is 47.6 Å². The van der Waals surface area contributed by atoms with E-state index < -0.39 is 62.3 Å². The molecular formula is C18H31AlO20S3. The number of benzene rings is 3. The summed E-state index contributed by atoms with van der Waals surface area (Å²) in [6.07, 6.45) is 0. The summed E-state index contributed by atoms with van der Waals surface area (Å²) < 4.78 is 93.0. The molecular weight excluding hydrogens is 659 g/mol. The molecule has 0 aromatic heterocycles. The number of phenols is 3. The van der Waals surface area contributed by atoms with Crippen LogP contribution in [0.4, 0.5) is 0 Å². The fourth-order valence-corrected chi connectivity index (χ4v) is 3.71. The molecule has 0 aliphatic carbocycles. The van der Waals surface area contributed by atoms with E-state index in [0.717, 1.165) is 36.4 Å². The van der Waals surface area contributed by atoms with E-state index in [1.807, 2.05) is 0 Å². The Balaban J connectivity index is -0.0000000502. The fourth-order valence-electron chi connectivity index (χ4n) is 2.01. The monoisotopic (exact) mass is 690 g/mol. The molecule has 0 unspecified atom stereocenters. The molecule has 0 atom stereocenters. The Morgan fingerprint density at radius 1 is 0.381 bits per heavy atom. The van der Waals surface area contributed by atoms with Crippen LogP contribution in [0.3, 0.4) is 0 Å². The minimum absolute atomic E-state index is 0. The van der Waals surface area contributed by atoms with Crippen molar-refractivity contribution in [3.63, 3.8) is 0 Å². The minimum atomic E-state index is -4.53. The first kappa shape index (κ1) is 62.6. The van der Waals surface area contributed by atoms with Gasteiger partial charge in [-0.1, -0.05) is 36.4 Å². The molecule has 3 aromatic carbocycles. The smallest absolute Gasteiger partial charge is 0.744 e. The van der Waals surface area contributed by atoms with E-state index in [4.69, 9.17) is 15.3 Å². The summed E-state index contributed by atoms with van der Waals surface area (Å²) in [5.74, 6) is -1.53. The van der Waals surface area contributed by atoms with Crippen molar-refractivity contribution >= 4 is 47.7 Å². The van der Waals surface area contributed by atoms with E-state index in [0.29, 0.717) is 0 Å². The van der Waals surface area contributed by atoms with Crippen LogP contribution in [0.25, 0.3) is 0 Å². The first-order valence-electron chi connectivity index (χ1n) is 8.27. The van der Waals surface area contributed by atoms with Crippen LogP contribution >= 0.6 is 0 Å². The fraction of sp³-hybridized carbons (Fsp3) is 0. The Bertz CT molecular complexity index is 1260. The zero-order valence-corrected chi connectivity index (χ0v) is 24.4. The maximum Gasteiger partial charge on any atom is 3.00 e. The molecule has 0 heterocycles. The maximum absolute atomic E-state index is 10.3. The number of phenolic OH excluding ortho intramolecular Hbond substituents is 3. The van der Waals surface area contributed by atoms with Gasteiger partial charge < -0.3 is 72.8 Å². The molecule has 0 saturated heterocycles. The normalized spacial score (nSPS) is 8.93. The zero-order valence-electron chi connectivity index (χ0n) is 20.7. The summed E-state index contributed by atoms with van der Waals surface area (Å²) >= 11 is 0. The van der Waals surface area contributed by atoms with Crippen molar-refractivity contribution in [2.24, 2.45) is 0 Å². The second-order valence-corrected chi connectivity index (χ2v) is 9.81. The second-order valence-electron chi connectivity index (χ2n) is 5.77. The average Bonchev–Trinajstić information content (AvgIpc) is 2.67. The van der Waals surface area contributed by atoms with E-state index in [-0.39, 0.29) is 61.2 Å². The SMILES string of the molecule is O.O.O.O.O.O.O.O.O=S(=O)([O-])c1ccccc1O.O=S(=O)([O-])c1ccccc1O.O=S(=O)([O-])c1ccccc1O.[Al+3]. The number of aromatic hydroxyl groups is 3. The van der Waals surface area contributed by atoms with E-state index in [1.165, 1.54) is 36.4 Å². The molecule has 24 heteroatoms. The Kier molecular flexibility index (Phi) is 38.3. The van der Waals surface area contributed by atoms with Crippen molar-refractivity contribution in [1.29, 1.82) is 0 Å². The molecule has 0 radical (unpaired) electrons. The van der Waals surface area contributed by atoms with Crippen LogP contribution in [0.2, 0.25) is 0 Å². The Morgan fingerprint density at radius 3 is 0.619 bits per heavy atom. The Morgan fingerprint density at radius 2 is 0.524 bits per heavy atom. The predicted molar refractivity (Wildman–Crippen MR) is 143 cm³/mol. The largest absolute Gasteiger partial charge is 3.00 e. The van der Waals surface area contributed by atoms with Crippen molar-refractivity contribution in [3.05, 3.63) is 72.8 Å². The average molecular weight is 691 g/mol. The molecule has 19 N–H and O–H groups in total. The molecule has 42 heavy (non-hydrogen) atoms. The third-order valence-corrected chi connectivity index (χ3v) is 6.06. The van der Waals surface area contributed by atoms with Crippen molar-refractivity contribution < 1.29 is 98.0 Å². The molecule has 0 aliphatic heterocycles. The zero-order chi connectivity index (χ0) is 25.4. The van der Waals surface area contributed by atoms with Gasteiger partial charge in [-0.25, -0.2) is 25.3 Å². The molecule has 3 rings (SSSR count). The quantitative estimate of drug-likeness (QED) is 0.171. The van der Waals surface area contributed by atoms with Gasteiger partial charge in [-0.15, -0.1) is 0 Å². The van der Waals surface area contributed by atoms with E-state index >= 15 is 0 Å². The van der Waals surface area contributed by atoms with Crippen LogP contribution in [0.15, 0.2) is 87.5 Å². The summed E-state index contributed by atoms with van der Waals surface area (Å²) in [5, 5.41) is 26.6. The van der Waals surface area contributed by atoms with E-state index in [9.17, 15) is 38.9 Å². The predicted octanol–water partition coefficient (Wildman–Crippen LogP) is -6.09. The number of hydrogen-bond acceptors (Lipinski definition) is 12. The van der Waals surface area contributed by atoms with Crippen molar-refractivity contribution in [1.82, 2.24) is 0 Å². The summed E-state index contributed by atoms with van der Waals surface area (Å²) in [4.78, 5) is -1.75. The molecule has 0 bridgehead atoms. The standard InChI is InChI=1S/3C6H6O4S.Al.8H2O/c3*7-5-3-1-2-4-6(5)11(8,9)10;;;;;;;;;/h3*1-4,7H,(H,8,9,10);;8*1H2/q;;;+3;;;;;;;;/p-3. The van der Waals surface area contributed by atoms with Crippen LogP contribution in [-0.4, -0.2) is 115 Å². The van der Waals surface area contributed by atoms with E-state index in [2.05, 4.69) is 0 Å². The van der Waals surface area contributed by atoms with Crippen LogP contribution in [0.5, 0.6) is 17.2 Å². The van der Waals surface area contributed by atoms with Gasteiger partial charge >= 0.3 is 17.4 Å². The Hall–Kier alpha value is -3.00. The topological polar surface area (TPSA) is 484 Å². The van der Waals surface area contributed by atoms with Gasteiger partial charge in [-0.3, -0.25) is 0 Å². The summed E-state index contributed by atoms with van der Waals surface area (Å²) in [5.41, 5.74) is 0.